The summed E-state index contributed by atoms with van der Waals surface area (Å²) in [5.74, 6) is -2.39. The number of hydrogen-bond acceptors (Lipinski definition) is 5. The second kappa shape index (κ2) is 9.56. The number of hydrogen-bond donors (Lipinski definition) is 1. The molecule has 156 valence electrons. The van der Waals surface area contributed by atoms with Gasteiger partial charge in [-0.25, -0.2) is 14.0 Å². The smallest absolute Gasteiger partial charge is 0.355 e. The van der Waals surface area contributed by atoms with Crippen LogP contribution in [0, 0.1) is 19.7 Å². The highest BCUT2D eigenvalue weighted by atomic mass is 35.5. The third-order valence-corrected chi connectivity index (χ3v) is 4.68. The lowest BCUT2D eigenvalue weighted by atomic mass is 10.1. The van der Waals surface area contributed by atoms with Crippen molar-refractivity contribution in [3.63, 3.8) is 0 Å². The van der Waals surface area contributed by atoms with Crippen LogP contribution in [0.3, 0.4) is 0 Å². The van der Waals surface area contributed by atoms with Gasteiger partial charge in [-0.3, -0.25) is 4.79 Å². The second-order valence-corrected chi connectivity index (χ2v) is 6.78. The Bertz CT molecular complexity index is 921. The van der Waals surface area contributed by atoms with Crippen molar-refractivity contribution in [3.8, 4) is 0 Å². The van der Waals surface area contributed by atoms with Crippen LogP contribution in [0.25, 0.3) is 0 Å². The number of aromatic nitrogens is 1. The van der Waals surface area contributed by atoms with Crippen molar-refractivity contribution in [2.45, 2.75) is 27.3 Å². The quantitative estimate of drug-likeness (QED) is 0.688. The molecule has 0 spiro atoms. The summed E-state index contributed by atoms with van der Waals surface area (Å²) in [6.45, 7) is 4.45. The van der Waals surface area contributed by atoms with Crippen LogP contribution in [0.1, 0.15) is 44.6 Å². The van der Waals surface area contributed by atoms with Gasteiger partial charge < -0.3 is 19.4 Å². The summed E-state index contributed by atoms with van der Waals surface area (Å²) in [5, 5.41) is 0.201. The summed E-state index contributed by atoms with van der Waals surface area (Å²) < 4.78 is 23.9. The van der Waals surface area contributed by atoms with Crippen LogP contribution in [-0.2, 0) is 20.8 Å². The highest BCUT2D eigenvalue weighted by Crippen LogP contribution is 2.21. The summed E-state index contributed by atoms with van der Waals surface area (Å²) in [6, 6.07) is 4.24. The summed E-state index contributed by atoms with van der Waals surface area (Å²) in [4.78, 5) is 40.6. The first kappa shape index (κ1) is 22.4. The Balaban J connectivity index is 2.03. The molecule has 0 bridgehead atoms. The maximum atomic E-state index is 13.9. The molecule has 1 aromatic heterocycles. The third-order valence-electron chi connectivity index (χ3n) is 4.33. The molecule has 7 nitrogen and oxygen atoms in total. The van der Waals surface area contributed by atoms with Crippen molar-refractivity contribution in [2.24, 2.45) is 0 Å². The number of aromatic amines is 1. The summed E-state index contributed by atoms with van der Waals surface area (Å²) >= 11 is 5.97. The fourth-order valence-corrected chi connectivity index (χ4v) is 3.00. The molecule has 0 fully saturated rings. The summed E-state index contributed by atoms with van der Waals surface area (Å²) in [7, 11) is 1.45. The van der Waals surface area contributed by atoms with E-state index in [0.717, 1.165) is 0 Å². The molecule has 0 aliphatic rings. The highest BCUT2D eigenvalue weighted by molar-refractivity contribution is 6.31. The van der Waals surface area contributed by atoms with Crippen LogP contribution in [0.4, 0.5) is 4.39 Å². The Labute approximate surface area is 172 Å². The van der Waals surface area contributed by atoms with E-state index in [9.17, 15) is 18.8 Å². The number of esters is 2. The van der Waals surface area contributed by atoms with E-state index in [1.165, 1.54) is 30.1 Å². The Kier molecular flexibility index (Phi) is 7.39. The van der Waals surface area contributed by atoms with Crippen molar-refractivity contribution in [2.75, 3.05) is 20.3 Å². The number of halogens is 2. The topological polar surface area (TPSA) is 88.7 Å². The van der Waals surface area contributed by atoms with Crippen LogP contribution < -0.4 is 0 Å². The minimum atomic E-state index is -0.752. The Morgan fingerprint density at radius 1 is 1.17 bits per heavy atom. The monoisotopic (exact) mass is 424 g/mol. The zero-order valence-electron chi connectivity index (χ0n) is 16.6. The van der Waals surface area contributed by atoms with E-state index in [1.54, 1.807) is 20.8 Å². The van der Waals surface area contributed by atoms with Gasteiger partial charge in [0, 0.05) is 29.9 Å². The lowest BCUT2D eigenvalue weighted by Crippen LogP contribution is -2.31. The van der Waals surface area contributed by atoms with Crippen molar-refractivity contribution in [1.82, 2.24) is 9.88 Å². The van der Waals surface area contributed by atoms with Crippen LogP contribution >= 0.6 is 11.6 Å². The van der Waals surface area contributed by atoms with Gasteiger partial charge in [-0.05, 0) is 38.5 Å². The summed E-state index contributed by atoms with van der Waals surface area (Å²) in [6.07, 6.45) is 0. The number of carbonyl (C=O) groups excluding carboxylic acids is 3. The SMILES string of the molecule is CCOC(=O)c1[nH]c(C)c(C(=O)OCC(=O)N(C)Cc2c(F)cccc2Cl)c1C. The molecule has 1 aromatic carbocycles. The van der Waals surface area contributed by atoms with Crippen molar-refractivity contribution in [3.05, 3.63) is 57.1 Å². The van der Waals surface area contributed by atoms with E-state index in [-0.39, 0.29) is 35.0 Å². The fraction of sp³-hybridized carbons (Fsp3) is 0.350. The maximum absolute atomic E-state index is 13.9. The van der Waals surface area contributed by atoms with Crippen molar-refractivity contribution >= 4 is 29.4 Å². The zero-order chi connectivity index (χ0) is 21.7. The highest BCUT2D eigenvalue weighted by Gasteiger charge is 2.25. The van der Waals surface area contributed by atoms with Gasteiger partial charge in [0.1, 0.15) is 11.5 Å². The zero-order valence-corrected chi connectivity index (χ0v) is 17.4. The molecule has 0 aliphatic heterocycles. The fourth-order valence-electron chi connectivity index (χ4n) is 2.78. The Morgan fingerprint density at radius 2 is 1.86 bits per heavy atom. The largest absolute Gasteiger partial charge is 0.461 e. The van der Waals surface area contributed by atoms with E-state index >= 15 is 0 Å². The first-order valence-corrected chi connectivity index (χ1v) is 9.25. The van der Waals surface area contributed by atoms with Crippen molar-refractivity contribution in [1.29, 1.82) is 0 Å². The van der Waals surface area contributed by atoms with Gasteiger partial charge >= 0.3 is 11.9 Å². The molecule has 0 saturated carbocycles. The van der Waals surface area contributed by atoms with Gasteiger partial charge in [-0.15, -0.1) is 0 Å². The minimum absolute atomic E-state index is 0.0723. The standard InChI is InChI=1S/C20H22ClFN2O5/c1-5-28-20(27)18-11(2)17(12(3)23-18)19(26)29-10-16(25)24(4)9-13-14(21)7-6-8-15(13)22/h6-8,23H,5,9-10H2,1-4H3. The molecule has 2 aromatic rings. The predicted molar refractivity (Wildman–Crippen MR) is 104 cm³/mol. The molecule has 0 radical (unpaired) electrons. The number of benzene rings is 1. The Morgan fingerprint density at radius 3 is 2.48 bits per heavy atom. The van der Waals surface area contributed by atoms with E-state index < -0.39 is 30.3 Å². The molecule has 1 heterocycles. The minimum Gasteiger partial charge on any atom is -0.461 e. The molecule has 1 amide bonds. The average molecular weight is 425 g/mol. The van der Waals surface area contributed by atoms with Crippen LogP contribution in [0.15, 0.2) is 18.2 Å². The van der Waals surface area contributed by atoms with Gasteiger partial charge in [0.15, 0.2) is 6.61 Å². The molecular formula is C20H22ClFN2O5. The molecular weight excluding hydrogens is 403 g/mol. The van der Waals surface area contributed by atoms with Crippen LogP contribution in [0.5, 0.6) is 0 Å². The van der Waals surface area contributed by atoms with Gasteiger partial charge in [-0.1, -0.05) is 17.7 Å². The van der Waals surface area contributed by atoms with E-state index in [4.69, 9.17) is 21.1 Å². The first-order valence-electron chi connectivity index (χ1n) is 8.87. The lowest BCUT2D eigenvalue weighted by Gasteiger charge is -2.18. The first-order chi connectivity index (χ1) is 13.7. The average Bonchev–Trinajstić information content (AvgIpc) is 2.97. The molecule has 9 heteroatoms. The third kappa shape index (κ3) is 5.14. The maximum Gasteiger partial charge on any atom is 0.355 e. The summed E-state index contributed by atoms with van der Waals surface area (Å²) in [5.41, 5.74) is 1.31. The molecule has 29 heavy (non-hydrogen) atoms. The van der Waals surface area contributed by atoms with E-state index in [1.807, 2.05) is 0 Å². The van der Waals surface area contributed by atoms with Crippen LogP contribution in [0.2, 0.25) is 5.02 Å². The van der Waals surface area contributed by atoms with Gasteiger partial charge in [0.05, 0.1) is 12.2 Å². The van der Waals surface area contributed by atoms with Gasteiger partial charge in [-0.2, -0.15) is 0 Å². The van der Waals surface area contributed by atoms with Gasteiger partial charge in [0.2, 0.25) is 0 Å². The lowest BCUT2D eigenvalue weighted by molar-refractivity contribution is -0.133. The number of aryl methyl sites for hydroxylation is 1. The van der Waals surface area contributed by atoms with Crippen LogP contribution in [-0.4, -0.2) is 48.0 Å². The molecule has 0 aliphatic carbocycles. The molecule has 2 rings (SSSR count). The number of likely N-dealkylation sites (N-methyl/N-ethyl adjacent to an activating group) is 1. The molecule has 0 saturated heterocycles. The molecule has 1 N–H and O–H groups in total. The Hall–Kier alpha value is -2.87. The van der Waals surface area contributed by atoms with E-state index in [2.05, 4.69) is 4.98 Å². The molecule has 0 atom stereocenters. The number of amides is 1. The van der Waals surface area contributed by atoms with Gasteiger partial charge in [0.25, 0.3) is 5.91 Å². The number of nitrogens with one attached hydrogen (secondary N) is 1. The predicted octanol–water partition coefficient (Wildman–Crippen LogP) is 3.42. The van der Waals surface area contributed by atoms with Crippen molar-refractivity contribution < 1.29 is 28.2 Å². The second-order valence-electron chi connectivity index (χ2n) is 6.37. The number of ether oxygens (including phenoxy) is 2. The molecule has 0 unspecified atom stereocenters. The number of nitrogens with zero attached hydrogens (tertiary/aromatic N) is 1. The number of rotatable bonds is 7. The normalized spacial score (nSPS) is 10.6. The number of carbonyl (C=O) groups is 3. The van der Waals surface area contributed by atoms with E-state index in [0.29, 0.717) is 11.3 Å². The number of H-pyrrole nitrogens is 1.